The summed E-state index contributed by atoms with van der Waals surface area (Å²) < 4.78 is 31.7. The summed E-state index contributed by atoms with van der Waals surface area (Å²) in [6.07, 6.45) is 0.505. The van der Waals surface area contributed by atoms with Gasteiger partial charge in [-0.3, -0.25) is 10.1 Å². The van der Waals surface area contributed by atoms with E-state index in [1.165, 1.54) is 15.6 Å². The molecule has 0 radical (unpaired) electrons. The van der Waals surface area contributed by atoms with E-state index in [-0.39, 0.29) is 12.1 Å². The number of aryl methyl sites for hydroxylation is 1. The van der Waals surface area contributed by atoms with Crippen LogP contribution in [0.15, 0.2) is 28.8 Å². The first kappa shape index (κ1) is 21.9. The van der Waals surface area contributed by atoms with Crippen molar-refractivity contribution >= 4 is 44.0 Å². The molecule has 0 fully saturated rings. The summed E-state index contributed by atoms with van der Waals surface area (Å²) in [6.45, 7) is 5.64. The third kappa shape index (κ3) is 4.12. The fourth-order valence-corrected chi connectivity index (χ4v) is 5.95. The zero-order valence-electron chi connectivity index (χ0n) is 17.2. The van der Waals surface area contributed by atoms with Crippen molar-refractivity contribution in [2.75, 3.05) is 11.9 Å². The minimum Gasteiger partial charge on any atom is -0.360 e. The van der Waals surface area contributed by atoms with Gasteiger partial charge in [-0.25, -0.2) is 13.4 Å². The Balaban J connectivity index is 1.58. The molecule has 31 heavy (non-hydrogen) atoms. The zero-order valence-corrected chi connectivity index (χ0v) is 19.6. The number of anilines is 1. The molecule has 1 amide bonds. The Morgan fingerprint density at radius 3 is 2.77 bits per heavy atom. The quantitative estimate of drug-likeness (QED) is 0.589. The van der Waals surface area contributed by atoms with Gasteiger partial charge < -0.3 is 4.52 Å². The lowest BCUT2D eigenvalue weighted by molar-refractivity contribution is 0.102. The molecule has 0 bridgehead atoms. The number of benzene rings is 1. The van der Waals surface area contributed by atoms with Gasteiger partial charge in [0.25, 0.3) is 5.91 Å². The van der Waals surface area contributed by atoms with Gasteiger partial charge in [-0.2, -0.15) is 4.31 Å². The van der Waals surface area contributed by atoms with Crippen molar-refractivity contribution in [2.45, 2.75) is 39.0 Å². The second-order valence-corrected chi connectivity index (χ2v) is 11.4. The van der Waals surface area contributed by atoms with E-state index in [0.717, 1.165) is 10.6 Å². The summed E-state index contributed by atoms with van der Waals surface area (Å²) in [6, 6.07) is 7.08. The van der Waals surface area contributed by atoms with E-state index in [1.54, 1.807) is 45.0 Å². The Hall–Kier alpha value is -2.27. The van der Waals surface area contributed by atoms with Gasteiger partial charge in [0.05, 0.1) is 16.0 Å². The molecule has 1 aliphatic rings. The molecule has 1 aliphatic heterocycles. The van der Waals surface area contributed by atoms with Crippen molar-refractivity contribution in [2.24, 2.45) is 0 Å². The van der Waals surface area contributed by atoms with Crippen molar-refractivity contribution in [3.05, 3.63) is 51.2 Å². The zero-order chi connectivity index (χ0) is 22.3. The van der Waals surface area contributed by atoms with Crippen molar-refractivity contribution in [1.82, 2.24) is 14.4 Å². The maximum atomic E-state index is 13.0. The third-order valence-corrected chi connectivity index (χ3v) is 8.64. The van der Waals surface area contributed by atoms with Gasteiger partial charge in [0.15, 0.2) is 5.13 Å². The Labute approximate surface area is 189 Å². The van der Waals surface area contributed by atoms with Crippen LogP contribution in [0.25, 0.3) is 11.3 Å². The number of thiazole rings is 1. The number of rotatable bonds is 5. The maximum absolute atomic E-state index is 13.0. The molecule has 1 aromatic carbocycles. The van der Waals surface area contributed by atoms with Crippen LogP contribution in [0.1, 0.15) is 40.5 Å². The Bertz CT molecular complexity index is 1250. The molecule has 2 aromatic heterocycles. The summed E-state index contributed by atoms with van der Waals surface area (Å²) in [7, 11) is -3.35. The van der Waals surface area contributed by atoms with Gasteiger partial charge in [-0.05, 0) is 26.8 Å². The van der Waals surface area contributed by atoms with Crippen molar-refractivity contribution < 1.29 is 17.7 Å². The average Bonchev–Trinajstić information content (AvgIpc) is 3.30. The predicted molar refractivity (Wildman–Crippen MR) is 120 cm³/mol. The highest BCUT2D eigenvalue weighted by Gasteiger charge is 2.31. The van der Waals surface area contributed by atoms with Crippen LogP contribution < -0.4 is 5.32 Å². The maximum Gasteiger partial charge on any atom is 0.263 e. The van der Waals surface area contributed by atoms with Gasteiger partial charge in [0.1, 0.15) is 17.0 Å². The first-order valence-electron chi connectivity index (χ1n) is 9.68. The molecule has 0 atom stereocenters. The molecule has 8 nitrogen and oxygen atoms in total. The number of halogens is 1. The molecular weight excluding hydrogens is 460 g/mol. The second kappa shape index (κ2) is 8.34. The van der Waals surface area contributed by atoms with Gasteiger partial charge >= 0.3 is 0 Å². The van der Waals surface area contributed by atoms with E-state index >= 15 is 0 Å². The number of sulfonamides is 1. The number of aromatic nitrogens is 2. The first-order chi connectivity index (χ1) is 14.7. The van der Waals surface area contributed by atoms with Crippen LogP contribution in [0.5, 0.6) is 0 Å². The van der Waals surface area contributed by atoms with Crippen LogP contribution in [-0.4, -0.2) is 40.6 Å². The lowest BCUT2D eigenvalue weighted by atomic mass is 10.1. The molecule has 164 valence electrons. The molecule has 1 N–H and O–H groups in total. The van der Waals surface area contributed by atoms with E-state index < -0.39 is 21.2 Å². The highest BCUT2D eigenvalue weighted by molar-refractivity contribution is 7.89. The van der Waals surface area contributed by atoms with Crippen LogP contribution >= 0.6 is 22.9 Å². The molecular formula is C20H21ClN4O4S2. The lowest BCUT2D eigenvalue weighted by Gasteiger charge is -2.26. The van der Waals surface area contributed by atoms with Crippen LogP contribution in [0.2, 0.25) is 5.02 Å². The largest absolute Gasteiger partial charge is 0.360 e. The van der Waals surface area contributed by atoms with Gasteiger partial charge in [0, 0.05) is 30.0 Å². The molecule has 0 aliphatic carbocycles. The molecule has 4 rings (SSSR count). The number of carbonyl (C=O) groups is 1. The number of carbonyl (C=O) groups excluding carboxylic acids is 1. The van der Waals surface area contributed by atoms with E-state index in [4.69, 9.17) is 16.1 Å². The highest BCUT2D eigenvalue weighted by atomic mass is 35.5. The SMILES string of the molecule is Cc1onc(-c2ccccc2Cl)c1C(=O)Nc1nc2c(s1)CN(S(=O)(=O)C(C)C)CC2. The fourth-order valence-electron chi connectivity index (χ4n) is 3.38. The number of nitrogens with one attached hydrogen (secondary N) is 1. The molecule has 0 spiro atoms. The van der Waals surface area contributed by atoms with Crippen LogP contribution in [-0.2, 0) is 23.0 Å². The van der Waals surface area contributed by atoms with Crippen molar-refractivity contribution in [1.29, 1.82) is 0 Å². The van der Waals surface area contributed by atoms with Gasteiger partial charge in [0.2, 0.25) is 10.0 Å². The number of nitrogens with zero attached hydrogens (tertiary/aromatic N) is 3. The normalized spacial score (nSPS) is 14.6. The van der Waals surface area contributed by atoms with E-state index in [1.807, 2.05) is 0 Å². The topological polar surface area (TPSA) is 105 Å². The van der Waals surface area contributed by atoms with E-state index in [9.17, 15) is 13.2 Å². The van der Waals surface area contributed by atoms with Crippen molar-refractivity contribution in [3.8, 4) is 11.3 Å². The smallest absolute Gasteiger partial charge is 0.263 e. The summed E-state index contributed by atoms with van der Waals surface area (Å²) in [5.74, 6) is -0.0469. The highest BCUT2D eigenvalue weighted by Crippen LogP contribution is 2.33. The average molecular weight is 481 g/mol. The fraction of sp³-hybridized carbons (Fsp3) is 0.350. The Kier molecular flexibility index (Phi) is 5.91. The standard InChI is InChI=1S/C20H21ClN4O4S2/c1-11(2)31(27,28)25-9-8-15-16(10-25)30-20(22-15)23-19(26)17-12(3)29-24-18(17)13-6-4-5-7-14(13)21/h4-7,11H,8-10H2,1-3H3,(H,22,23,26). The van der Waals surface area contributed by atoms with Crippen LogP contribution in [0.4, 0.5) is 5.13 Å². The number of hydrogen-bond acceptors (Lipinski definition) is 7. The molecule has 0 saturated heterocycles. The minimum atomic E-state index is -3.35. The predicted octanol–water partition coefficient (Wildman–Crippen LogP) is 4.11. The molecule has 0 saturated carbocycles. The summed E-state index contributed by atoms with van der Waals surface area (Å²) in [5.41, 5.74) is 2.05. The molecule has 11 heteroatoms. The first-order valence-corrected chi connectivity index (χ1v) is 12.4. The summed E-state index contributed by atoms with van der Waals surface area (Å²) in [5, 5.41) is 7.20. The minimum absolute atomic E-state index is 0.264. The molecule has 3 heterocycles. The van der Waals surface area contributed by atoms with E-state index in [0.29, 0.717) is 40.1 Å². The Morgan fingerprint density at radius 2 is 2.06 bits per heavy atom. The van der Waals surface area contributed by atoms with Crippen LogP contribution in [0, 0.1) is 6.92 Å². The number of fused-ring (bicyclic) bond motifs is 1. The second-order valence-electron chi connectivity index (χ2n) is 7.46. The third-order valence-electron chi connectivity index (χ3n) is 5.09. The molecule has 3 aromatic rings. The van der Waals surface area contributed by atoms with Crippen LogP contribution in [0.3, 0.4) is 0 Å². The molecule has 0 unspecified atom stereocenters. The number of amides is 1. The Morgan fingerprint density at radius 1 is 1.32 bits per heavy atom. The van der Waals surface area contributed by atoms with Crippen molar-refractivity contribution in [3.63, 3.8) is 0 Å². The van der Waals surface area contributed by atoms with E-state index in [2.05, 4.69) is 15.5 Å². The number of hydrogen-bond donors (Lipinski definition) is 1. The lowest BCUT2D eigenvalue weighted by Crippen LogP contribution is -2.39. The van der Waals surface area contributed by atoms with Gasteiger partial charge in [-0.15, -0.1) is 11.3 Å². The monoisotopic (exact) mass is 480 g/mol. The summed E-state index contributed by atoms with van der Waals surface area (Å²) in [4.78, 5) is 18.4. The summed E-state index contributed by atoms with van der Waals surface area (Å²) >= 11 is 7.55. The van der Waals surface area contributed by atoms with Gasteiger partial charge in [-0.1, -0.05) is 35.0 Å².